The van der Waals surface area contributed by atoms with Gasteiger partial charge in [-0.05, 0) is 67.6 Å². The highest BCUT2D eigenvalue weighted by atomic mass is 16.6. The van der Waals surface area contributed by atoms with Crippen LogP contribution >= 0.6 is 0 Å². The van der Waals surface area contributed by atoms with Gasteiger partial charge in [0, 0.05) is 43.5 Å². The number of rotatable bonds is 5. The Bertz CT molecular complexity index is 1440. The van der Waals surface area contributed by atoms with Crippen LogP contribution in [-0.2, 0) is 9.47 Å². The molecule has 9 heteroatoms. The number of carboxylic acids is 1. The Balaban J connectivity index is 1.24. The zero-order chi connectivity index (χ0) is 29.3. The van der Waals surface area contributed by atoms with Crippen molar-refractivity contribution in [1.29, 1.82) is 0 Å². The highest BCUT2D eigenvalue weighted by Gasteiger charge is 2.31. The van der Waals surface area contributed by atoms with E-state index in [0.717, 1.165) is 11.1 Å². The molecule has 3 aromatic rings. The van der Waals surface area contributed by atoms with E-state index in [9.17, 15) is 19.5 Å². The van der Waals surface area contributed by atoms with Crippen LogP contribution in [0.2, 0.25) is 0 Å². The first-order chi connectivity index (χ1) is 19.5. The zero-order valence-corrected chi connectivity index (χ0v) is 23.8. The Hall–Kier alpha value is -4.53. The van der Waals surface area contributed by atoms with Crippen LogP contribution in [0.1, 0.15) is 53.7 Å². The first-order valence-corrected chi connectivity index (χ1v) is 13.7. The monoisotopic (exact) mass is 557 g/mol. The second-order valence-corrected chi connectivity index (χ2v) is 11.4. The van der Waals surface area contributed by atoms with Gasteiger partial charge in [0.25, 0.3) is 0 Å². The molecule has 1 heterocycles. The summed E-state index contributed by atoms with van der Waals surface area (Å²) in [5.74, 6) is -1.10. The van der Waals surface area contributed by atoms with E-state index < -0.39 is 17.7 Å². The average molecular weight is 558 g/mol. The molecule has 0 unspecified atom stereocenters. The van der Waals surface area contributed by atoms with E-state index in [2.05, 4.69) is 29.6 Å². The van der Waals surface area contributed by atoms with Crippen molar-refractivity contribution in [2.75, 3.05) is 43.0 Å². The van der Waals surface area contributed by atoms with Gasteiger partial charge in [0.15, 0.2) is 0 Å². The third-order valence-corrected chi connectivity index (χ3v) is 7.47. The average Bonchev–Trinajstić information content (AvgIpc) is 3.25. The predicted molar refractivity (Wildman–Crippen MR) is 157 cm³/mol. The van der Waals surface area contributed by atoms with Gasteiger partial charge in [0.05, 0.1) is 5.56 Å². The predicted octanol–water partition coefficient (Wildman–Crippen LogP) is 6.11. The minimum absolute atomic E-state index is 0.00931. The van der Waals surface area contributed by atoms with Crippen LogP contribution in [0.15, 0.2) is 60.7 Å². The van der Waals surface area contributed by atoms with Crippen molar-refractivity contribution >= 4 is 29.5 Å². The van der Waals surface area contributed by atoms with Gasteiger partial charge in [-0.2, -0.15) is 0 Å². The highest BCUT2D eigenvalue weighted by molar-refractivity contribution is 5.95. The van der Waals surface area contributed by atoms with E-state index >= 15 is 0 Å². The molecular formula is C32H35N3O6. The van der Waals surface area contributed by atoms with Crippen LogP contribution in [0.25, 0.3) is 11.1 Å². The number of ether oxygens (including phenoxy) is 2. The first kappa shape index (κ1) is 28.0. The maximum atomic E-state index is 13.1. The lowest BCUT2D eigenvalue weighted by Gasteiger charge is -2.36. The van der Waals surface area contributed by atoms with Crippen molar-refractivity contribution in [3.05, 3.63) is 82.9 Å². The number of nitrogens with one attached hydrogen (secondary N) is 1. The molecular weight excluding hydrogens is 522 g/mol. The normalized spacial score (nSPS) is 14.7. The molecule has 1 fully saturated rings. The molecule has 2 N–H and O–H groups in total. The third-order valence-electron chi connectivity index (χ3n) is 7.47. The molecule has 214 valence electrons. The highest BCUT2D eigenvalue weighted by Crippen LogP contribution is 2.44. The summed E-state index contributed by atoms with van der Waals surface area (Å²) in [5, 5.41) is 12.4. The lowest BCUT2D eigenvalue weighted by molar-refractivity contribution is 0.0632. The van der Waals surface area contributed by atoms with Crippen LogP contribution in [0.4, 0.5) is 21.0 Å². The van der Waals surface area contributed by atoms with Gasteiger partial charge in [0.2, 0.25) is 0 Å². The third kappa shape index (κ3) is 5.99. The molecule has 2 amide bonds. The summed E-state index contributed by atoms with van der Waals surface area (Å²) in [5.41, 5.74) is 5.68. The topological polar surface area (TPSA) is 108 Å². The maximum absolute atomic E-state index is 13.1. The van der Waals surface area contributed by atoms with Crippen molar-refractivity contribution in [2.45, 2.75) is 39.2 Å². The van der Waals surface area contributed by atoms with E-state index in [-0.39, 0.29) is 24.2 Å². The summed E-state index contributed by atoms with van der Waals surface area (Å²) >= 11 is 0. The lowest BCUT2D eigenvalue weighted by atomic mass is 9.98. The van der Waals surface area contributed by atoms with Crippen molar-refractivity contribution in [2.24, 2.45) is 0 Å². The van der Waals surface area contributed by atoms with Crippen LogP contribution in [0.3, 0.4) is 0 Å². The second kappa shape index (κ2) is 11.2. The molecule has 9 nitrogen and oxygen atoms in total. The van der Waals surface area contributed by atoms with Gasteiger partial charge in [-0.25, -0.2) is 14.4 Å². The van der Waals surface area contributed by atoms with Crippen molar-refractivity contribution in [1.82, 2.24) is 4.90 Å². The van der Waals surface area contributed by atoms with Crippen LogP contribution in [0.5, 0.6) is 0 Å². The number of nitrogens with zero attached hydrogens (tertiary/aromatic N) is 2. The quantitative estimate of drug-likeness (QED) is 0.390. The fraction of sp³-hybridized carbons (Fsp3) is 0.344. The number of carbonyl (C=O) groups is 3. The molecule has 1 aliphatic carbocycles. The van der Waals surface area contributed by atoms with E-state index in [0.29, 0.717) is 43.1 Å². The minimum Gasteiger partial charge on any atom is -0.478 e. The van der Waals surface area contributed by atoms with Gasteiger partial charge in [-0.15, -0.1) is 0 Å². The number of benzene rings is 3. The number of anilines is 2. The van der Waals surface area contributed by atoms with Gasteiger partial charge in [-0.1, -0.05) is 48.5 Å². The number of fused-ring (bicyclic) bond motifs is 3. The standard InChI is InChI=1S/C32H35N3O6/c1-20-26(29(36)37)17-21(33-30(38)41-32(2,3)4)18-28(20)34-13-15-35(16-14-34)31(39)40-19-27-24-11-7-5-9-22(24)23-10-6-8-12-25(23)27/h5-12,17-18,27H,13-16,19H2,1-4H3,(H,33,38)(H,36,37). The molecule has 0 spiro atoms. The Labute approximate surface area is 239 Å². The minimum atomic E-state index is -1.09. The number of hydrogen-bond donors (Lipinski definition) is 2. The van der Waals surface area contributed by atoms with Crippen LogP contribution in [-0.4, -0.2) is 66.5 Å². The summed E-state index contributed by atoms with van der Waals surface area (Å²) in [6.07, 6.45) is -1.03. The first-order valence-electron chi connectivity index (χ1n) is 13.7. The summed E-state index contributed by atoms with van der Waals surface area (Å²) in [6.45, 7) is 9.08. The molecule has 1 saturated heterocycles. The fourth-order valence-electron chi connectivity index (χ4n) is 5.56. The van der Waals surface area contributed by atoms with E-state index in [4.69, 9.17) is 9.47 Å². The van der Waals surface area contributed by atoms with Crippen molar-refractivity contribution < 1.29 is 29.0 Å². The summed E-state index contributed by atoms with van der Waals surface area (Å²) in [7, 11) is 0. The number of amides is 2. The molecule has 1 aliphatic heterocycles. The number of aromatic carboxylic acids is 1. The smallest absolute Gasteiger partial charge is 0.412 e. The van der Waals surface area contributed by atoms with Gasteiger partial charge < -0.3 is 24.4 Å². The number of carboxylic acid groups (broad SMARTS) is 1. The number of piperazine rings is 1. The SMILES string of the molecule is Cc1c(C(=O)O)cc(NC(=O)OC(C)(C)C)cc1N1CCN(C(=O)OCC2c3ccccc3-c3ccccc32)CC1. The molecule has 2 aliphatic rings. The van der Waals surface area contributed by atoms with Crippen LogP contribution < -0.4 is 10.2 Å². The van der Waals surface area contributed by atoms with Gasteiger partial charge in [0.1, 0.15) is 12.2 Å². The Kier molecular flexibility index (Phi) is 7.62. The Morgan fingerprint density at radius 3 is 2.07 bits per heavy atom. The van der Waals surface area contributed by atoms with E-state index in [1.807, 2.05) is 29.2 Å². The molecule has 0 atom stereocenters. The van der Waals surface area contributed by atoms with Crippen molar-refractivity contribution in [3.8, 4) is 11.1 Å². The molecule has 5 rings (SSSR count). The lowest BCUT2D eigenvalue weighted by Crippen LogP contribution is -2.49. The number of hydrogen-bond acceptors (Lipinski definition) is 6. The number of carbonyl (C=O) groups excluding carboxylic acids is 2. The Morgan fingerprint density at radius 1 is 0.927 bits per heavy atom. The maximum Gasteiger partial charge on any atom is 0.412 e. The summed E-state index contributed by atoms with van der Waals surface area (Å²) < 4.78 is 11.2. The van der Waals surface area contributed by atoms with Crippen molar-refractivity contribution in [3.63, 3.8) is 0 Å². The largest absolute Gasteiger partial charge is 0.478 e. The molecule has 41 heavy (non-hydrogen) atoms. The molecule has 0 radical (unpaired) electrons. The van der Waals surface area contributed by atoms with E-state index in [1.54, 1.807) is 38.7 Å². The molecule has 0 saturated carbocycles. The summed E-state index contributed by atoms with van der Waals surface area (Å²) in [4.78, 5) is 41.1. The molecule has 0 bridgehead atoms. The second-order valence-electron chi connectivity index (χ2n) is 11.4. The zero-order valence-electron chi connectivity index (χ0n) is 23.8. The van der Waals surface area contributed by atoms with E-state index in [1.165, 1.54) is 17.2 Å². The van der Waals surface area contributed by atoms with Gasteiger partial charge in [-0.3, -0.25) is 5.32 Å². The van der Waals surface area contributed by atoms with Gasteiger partial charge >= 0.3 is 18.2 Å². The van der Waals surface area contributed by atoms with Crippen LogP contribution in [0, 0.1) is 6.92 Å². The molecule has 3 aromatic carbocycles. The molecule has 0 aromatic heterocycles. The fourth-order valence-corrected chi connectivity index (χ4v) is 5.56. The Morgan fingerprint density at radius 2 is 1.51 bits per heavy atom. The summed E-state index contributed by atoms with van der Waals surface area (Å²) in [6, 6.07) is 19.6.